The zero-order valence-electron chi connectivity index (χ0n) is 12.6. The lowest BCUT2D eigenvalue weighted by Crippen LogP contribution is -2.46. The second-order valence-corrected chi connectivity index (χ2v) is 5.81. The molecular weight excluding hydrogens is 236 g/mol. The lowest BCUT2D eigenvalue weighted by atomic mass is 10.0. The topological polar surface area (TPSA) is 33.1 Å². The van der Waals surface area contributed by atoms with Gasteiger partial charge in [-0.1, -0.05) is 20.3 Å². The molecule has 0 aromatic carbocycles. The van der Waals surface area contributed by atoms with Crippen LogP contribution >= 0.6 is 0 Å². The van der Waals surface area contributed by atoms with E-state index in [-0.39, 0.29) is 0 Å². The number of aromatic nitrogens is 2. The van der Waals surface area contributed by atoms with Crippen molar-refractivity contribution in [2.75, 3.05) is 13.1 Å². The van der Waals surface area contributed by atoms with Gasteiger partial charge in [0.2, 0.25) is 0 Å². The maximum absolute atomic E-state index is 4.51. The van der Waals surface area contributed by atoms with Gasteiger partial charge >= 0.3 is 0 Å². The third-order valence-electron chi connectivity index (χ3n) is 4.00. The molecule has 0 radical (unpaired) electrons. The summed E-state index contributed by atoms with van der Waals surface area (Å²) in [4.78, 5) is 7.12. The van der Waals surface area contributed by atoms with Gasteiger partial charge in [0.25, 0.3) is 0 Å². The first-order valence-corrected chi connectivity index (χ1v) is 7.68. The summed E-state index contributed by atoms with van der Waals surface area (Å²) in [5.74, 6) is 1.21. The highest BCUT2D eigenvalue weighted by Crippen LogP contribution is 2.19. The zero-order valence-corrected chi connectivity index (χ0v) is 12.6. The van der Waals surface area contributed by atoms with Crippen molar-refractivity contribution in [3.8, 4) is 0 Å². The van der Waals surface area contributed by atoms with E-state index in [0.29, 0.717) is 12.1 Å². The number of nitrogens with one attached hydrogen (secondary N) is 1. The summed E-state index contributed by atoms with van der Waals surface area (Å²) < 4.78 is 2.25. The highest BCUT2D eigenvalue weighted by atomic mass is 15.2. The second-order valence-electron chi connectivity index (χ2n) is 5.81. The largest absolute Gasteiger partial charge is 0.334 e. The van der Waals surface area contributed by atoms with Crippen LogP contribution < -0.4 is 5.32 Å². The number of rotatable bonds is 6. The lowest BCUT2D eigenvalue weighted by Gasteiger charge is -2.36. The predicted molar refractivity (Wildman–Crippen MR) is 79.1 cm³/mol. The van der Waals surface area contributed by atoms with E-state index < -0.39 is 0 Å². The van der Waals surface area contributed by atoms with Crippen LogP contribution in [0.2, 0.25) is 0 Å². The number of imidazole rings is 1. The fourth-order valence-corrected chi connectivity index (χ4v) is 2.83. The molecule has 4 nitrogen and oxygen atoms in total. The van der Waals surface area contributed by atoms with Crippen LogP contribution in [-0.4, -0.2) is 39.6 Å². The van der Waals surface area contributed by atoms with Crippen LogP contribution in [0.4, 0.5) is 0 Å². The molecule has 2 rings (SSSR count). The van der Waals surface area contributed by atoms with Gasteiger partial charge in [-0.15, -0.1) is 0 Å². The van der Waals surface area contributed by atoms with E-state index in [2.05, 4.69) is 46.7 Å². The third kappa shape index (κ3) is 4.05. The van der Waals surface area contributed by atoms with Gasteiger partial charge < -0.3 is 9.88 Å². The van der Waals surface area contributed by atoms with Gasteiger partial charge in [-0.2, -0.15) is 0 Å². The quantitative estimate of drug-likeness (QED) is 0.855. The molecule has 0 spiro atoms. The van der Waals surface area contributed by atoms with Gasteiger partial charge in [-0.25, -0.2) is 4.98 Å². The Kier molecular flexibility index (Phi) is 5.40. The van der Waals surface area contributed by atoms with Crippen LogP contribution in [-0.2, 0) is 13.1 Å². The Bertz CT molecular complexity index is 372. The van der Waals surface area contributed by atoms with Crippen molar-refractivity contribution in [3.05, 3.63) is 18.2 Å². The minimum absolute atomic E-state index is 0.571. The van der Waals surface area contributed by atoms with Crippen molar-refractivity contribution in [2.45, 2.75) is 65.2 Å². The van der Waals surface area contributed by atoms with Gasteiger partial charge in [-0.3, -0.25) is 4.90 Å². The molecule has 1 atom stereocenters. The Morgan fingerprint density at radius 2 is 2.26 bits per heavy atom. The van der Waals surface area contributed by atoms with E-state index in [1.54, 1.807) is 0 Å². The average molecular weight is 264 g/mol. The van der Waals surface area contributed by atoms with Crippen molar-refractivity contribution in [2.24, 2.45) is 0 Å². The molecule has 108 valence electrons. The van der Waals surface area contributed by atoms with Gasteiger partial charge in [0.1, 0.15) is 5.82 Å². The molecule has 1 N–H and O–H groups in total. The van der Waals surface area contributed by atoms with E-state index in [1.807, 2.05) is 6.20 Å². The molecule has 1 aromatic rings. The standard InChI is InChI=1S/C15H28N4/c1-4-18-10-8-16-15(18)12-19-9-6-5-7-14(19)11-17-13(2)3/h8,10,13-14,17H,4-7,9,11-12H2,1-3H3. The number of aryl methyl sites for hydroxylation is 1. The molecule has 2 heterocycles. The Labute approximate surface area is 117 Å². The molecule has 0 saturated carbocycles. The molecule has 4 heteroatoms. The maximum Gasteiger partial charge on any atom is 0.122 e. The molecule has 0 amide bonds. The highest BCUT2D eigenvalue weighted by Gasteiger charge is 2.23. The summed E-state index contributed by atoms with van der Waals surface area (Å²) in [7, 11) is 0. The fraction of sp³-hybridized carbons (Fsp3) is 0.800. The summed E-state index contributed by atoms with van der Waals surface area (Å²) >= 11 is 0. The van der Waals surface area contributed by atoms with Crippen molar-refractivity contribution < 1.29 is 0 Å². The summed E-state index contributed by atoms with van der Waals surface area (Å²) in [6.07, 6.45) is 8.01. The smallest absolute Gasteiger partial charge is 0.122 e. The summed E-state index contributed by atoms with van der Waals surface area (Å²) in [5, 5.41) is 3.58. The number of hydrogen-bond donors (Lipinski definition) is 1. The predicted octanol–water partition coefficient (Wildman–Crippen LogP) is 2.26. The van der Waals surface area contributed by atoms with Crippen LogP contribution in [0, 0.1) is 0 Å². The summed E-state index contributed by atoms with van der Waals surface area (Å²) in [6.45, 7) is 10.9. The van der Waals surface area contributed by atoms with Crippen LogP contribution in [0.5, 0.6) is 0 Å². The molecule has 1 aliphatic rings. The van der Waals surface area contributed by atoms with E-state index in [4.69, 9.17) is 0 Å². The van der Waals surface area contributed by atoms with Crippen LogP contribution in [0.3, 0.4) is 0 Å². The Morgan fingerprint density at radius 3 is 3.00 bits per heavy atom. The van der Waals surface area contributed by atoms with Crippen LogP contribution in [0.25, 0.3) is 0 Å². The summed E-state index contributed by atoms with van der Waals surface area (Å²) in [6, 6.07) is 1.24. The molecule has 19 heavy (non-hydrogen) atoms. The van der Waals surface area contributed by atoms with Gasteiger partial charge in [-0.05, 0) is 26.3 Å². The molecular formula is C15H28N4. The molecule has 1 fully saturated rings. The number of nitrogens with zero attached hydrogens (tertiary/aromatic N) is 3. The van der Waals surface area contributed by atoms with E-state index in [9.17, 15) is 0 Å². The van der Waals surface area contributed by atoms with E-state index in [0.717, 1.165) is 19.6 Å². The van der Waals surface area contributed by atoms with Gasteiger partial charge in [0.05, 0.1) is 6.54 Å². The van der Waals surface area contributed by atoms with Crippen LogP contribution in [0.15, 0.2) is 12.4 Å². The Balaban J connectivity index is 1.95. The number of likely N-dealkylation sites (tertiary alicyclic amines) is 1. The molecule has 1 aliphatic heterocycles. The minimum atomic E-state index is 0.571. The normalized spacial score (nSPS) is 21.2. The molecule has 1 saturated heterocycles. The second kappa shape index (κ2) is 7.06. The number of hydrogen-bond acceptors (Lipinski definition) is 3. The third-order valence-corrected chi connectivity index (χ3v) is 4.00. The van der Waals surface area contributed by atoms with E-state index in [1.165, 1.54) is 31.6 Å². The van der Waals surface area contributed by atoms with Gasteiger partial charge in [0.15, 0.2) is 0 Å². The van der Waals surface area contributed by atoms with Gasteiger partial charge in [0, 0.05) is 37.6 Å². The highest BCUT2D eigenvalue weighted by molar-refractivity contribution is 4.94. The maximum atomic E-state index is 4.51. The van der Waals surface area contributed by atoms with Crippen molar-refractivity contribution in [1.29, 1.82) is 0 Å². The van der Waals surface area contributed by atoms with Crippen molar-refractivity contribution in [3.63, 3.8) is 0 Å². The van der Waals surface area contributed by atoms with E-state index >= 15 is 0 Å². The van der Waals surface area contributed by atoms with Crippen molar-refractivity contribution in [1.82, 2.24) is 19.8 Å². The zero-order chi connectivity index (χ0) is 13.7. The Hall–Kier alpha value is -0.870. The first kappa shape index (κ1) is 14.5. The molecule has 1 unspecified atom stereocenters. The monoisotopic (exact) mass is 264 g/mol. The van der Waals surface area contributed by atoms with Crippen LogP contribution in [0.1, 0.15) is 45.9 Å². The first-order valence-electron chi connectivity index (χ1n) is 7.68. The Morgan fingerprint density at radius 1 is 1.42 bits per heavy atom. The lowest BCUT2D eigenvalue weighted by molar-refractivity contribution is 0.131. The summed E-state index contributed by atoms with van der Waals surface area (Å²) in [5.41, 5.74) is 0. The number of piperidine rings is 1. The first-order chi connectivity index (χ1) is 9.20. The fourth-order valence-electron chi connectivity index (χ4n) is 2.83. The minimum Gasteiger partial charge on any atom is -0.334 e. The molecule has 0 bridgehead atoms. The average Bonchev–Trinajstić information content (AvgIpc) is 2.85. The van der Waals surface area contributed by atoms with Crippen molar-refractivity contribution >= 4 is 0 Å². The SMILES string of the molecule is CCn1ccnc1CN1CCCCC1CNC(C)C. The molecule has 0 aliphatic carbocycles. The molecule has 1 aromatic heterocycles.